The molecule has 0 amide bonds. The topological polar surface area (TPSA) is 64.1 Å². The zero-order valence-corrected chi connectivity index (χ0v) is 13.5. The van der Waals surface area contributed by atoms with Crippen molar-refractivity contribution in [1.29, 1.82) is 0 Å². The predicted octanol–water partition coefficient (Wildman–Crippen LogP) is 3.74. The highest BCUT2D eigenvalue weighted by Gasteiger charge is 2.15. The van der Waals surface area contributed by atoms with Gasteiger partial charge in [-0.05, 0) is 54.3 Å². The Labute approximate surface area is 132 Å². The van der Waals surface area contributed by atoms with Crippen LogP contribution in [0.25, 0.3) is 0 Å². The molecule has 3 nitrogen and oxygen atoms in total. The van der Waals surface area contributed by atoms with Gasteiger partial charge in [-0.3, -0.25) is 11.3 Å². The summed E-state index contributed by atoms with van der Waals surface area (Å²) in [5, 5.41) is 0.749. The van der Waals surface area contributed by atoms with Gasteiger partial charge in [0.25, 0.3) is 0 Å². The summed E-state index contributed by atoms with van der Waals surface area (Å²) in [6.07, 6.45) is 0.677. The van der Waals surface area contributed by atoms with E-state index in [1.54, 1.807) is 0 Å². The van der Waals surface area contributed by atoms with E-state index in [0.29, 0.717) is 12.1 Å². The molecular weight excluding hydrogens is 338 g/mol. The summed E-state index contributed by atoms with van der Waals surface area (Å²) in [5.74, 6) is 5.69. The van der Waals surface area contributed by atoms with Gasteiger partial charge in [0.1, 0.15) is 0 Å². The van der Waals surface area contributed by atoms with Crippen LogP contribution < -0.4 is 17.0 Å². The number of nitrogens with one attached hydrogen (secondary N) is 1. The molecule has 0 aromatic heterocycles. The highest BCUT2D eigenvalue weighted by molar-refractivity contribution is 9.10. The maximum absolute atomic E-state index is 6.28. The summed E-state index contributed by atoms with van der Waals surface area (Å²) in [7, 11) is 0. The number of hydrazine groups is 1. The number of hydrogen-bond acceptors (Lipinski definition) is 3. The van der Waals surface area contributed by atoms with Crippen molar-refractivity contribution in [3.8, 4) is 0 Å². The standard InChI is InChI=1S/C15H17BrClN3/c1-9-2-3-10(13(17)6-9)7-15(20-19)12-8-11(16)4-5-14(12)18/h2-6,8,15,20H,7,18-19H2,1H3. The van der Waals surface area contributed by atoms with E-state index in [9.17, 15) is 0 Å². The Morgan fingerprint density at radius 3 is 2.65 bits per heavy atom. The van der Waals surface area contributed by atoms with Crippen LogP contribution in [-0.2, 0) is 6.42 Å². The van der Waals surface area contributed by atoms with Gasteiger partial charge in [-0.2, -0.15) is 0 Å². The zero-order chi connectivity index (χ0) is 14.7. The fraction of sp³-hybridized carbons (Fsp3) is 0.200. The number of aryl methyl sites for hydroxylation is 1. The van der Waals surface area contributed by atoms with Gasteiger partial charge in [-0.1, -0.05) is 39.7 Å². The van der Waals surface area contributed by atoms with E-state index in [1.807, 2.05) is 43.3 Å². The minimum absolute atomic E-state index is 0.0901. The summed E-state index contributed by atoms with van der Waals surface area (Å²) in [5.41, 5.74) is 12.7. The lowest BCUT2D eigenvalue weighted by Gasteiger charge is -2.19. The largest absolute Gasteiger partial charge is 0.398 e. The molecular formula is C15H17BrClN3. The van der Waals surface area contributed by atoms with Crippen LogP contribution in [0.5, 0.6) is 0 Å². The lowest BCUT2D eigenvalue weighted by molar-refractivity contribution is 0.553. The first-order valence-corrected chi connectivity index (χ1v) is 7.44. The van der Waals surface area contributed by atoms with Crippen molar-refractivity contribution in [3.05, 3.63) is 62.6 Å². The molecule has 20 heavy (non-hydrogen) atoms. The number of nitrogens with two attached hydrogens (primary N) is 2. The van der Waals surface area contributed by atoms with Gasteiger partial charge in [0.2, 0.25) is 0 Å². The highest BCUT2D eigenvalue weighted by Crippen LogP contribution is 2.29. The number of benzene rings is 2. The molecule has 106 valence electrons. The molecule has 0 saturated carbocycles. The van der Waals surface area contributed by atoms with E-state index in [4.69, 9.17) is 23.2 Å². The van der Waals surface area contributed by atoms with Crippen molar-refractivity contribution < 1.29 is 0 Å². The van der Waals surface area contributed by atoms with E-state index in [2.05, 4.69) is 21.4 Å². The van der Waals surface area contributed by atoms with Crippen molar-refractivity contribution in [3.63, 3.8) is 0 Å². The van der Waals surface area contributed by atoms with Crippen LogP contribution >= 0.6 is 27.5 Å². The normalized spacial score (nSPS) is 12.4. The molecule has 0 radical (unpaired) electrons. The number of anilines is 1. The molecule has 2 rings (SSSR count). The molecule has 5 N–H and O–H groups in total. The third-order valence-electron chi connectivity index (χ3n) is 3.26. The number of rotatable bonds is 4. The van der Waals surface area contributed by atoms with Crippen molar-refractivity contribution in [2.45, 2.75) is 19.4 Å². The van der Waals surface area contributed by atoms with Gasteiger partial charge in [-0.25, -0.2) is 0 Å². The second kappa shape index (κ2) is 6.59. The monoisotopic (exact) mass is 353 g/mol. The fourth-order valence-electron chi connectivity index (χ4n) is 2.14. The number of nitrogen functional groups attached to an aromatic ring is 1. The lowest BCUT2D eigenvalue weighted by Crippen LogP contribution is -2.30. The quantitative estimate of drug-likeness (QED) is 0.445. The first kappa shape index (κ1) is 15.3. The summed E-state index contributed by atoms with van der Waals surface area (Å²) < 4.78 is 0.969. The molecule has 2 aromatic carbocycles. The molecule has 5 heteroatoms. The summed E-state index contributed by atoms with van der Waals surface area (Å²) in [4.78, 5) is 0. The molecule has 0 fully saturated rings. The van der Waals surface area contributed by atoms with Crippen molar-refractivity contribution >= 4 is 33.2 Å². The molecule has 0 aliphatic heterocycles. The van der Waals surface area contributed by atoms with Gasteiger partial charge in [0, 0.05) is 15.2 Å². The van der Waals surface area contributed by atoms with Gasteiger partial charge < -0.3 is 5.73 Å². The molecule has 0 bridgehead atoms. The van der Waals surface area contributed by atoms with Crippen molar-refractivity contribution in [2.75, 3.05) is 5.73 Å². The summed E-state index contributed by atoms with van der Waals surface area (Å²) in [6.45, 7) is 2.01. The van der Waals surface area contributed by atoms with E-state index in [0.717, 1.165) is 26.2 Å². The van der Waals surface area contributed by atoms with Gasteiger partial charge >= 0.3 is 0 Å². The van der Waals surface area contributed by atoms with Crippen molar-refractivity contribution in [2.24, 2.45) is 5.84 Å². The Bertz CT molecular complexity index is 616. The van der Waals surface area contributed by atoms with E-state index in [1.165, 1.54) is 0 Å². The van der Waals surface area contributed by atoms with Gasteiger partial charge in [0.05, 0.1) is 6.04 Å². The fourth-order valence-corrected chi connectivity index (χ4v) is 2.83. The van der Waals surface area contributed by atoms with E-state index >= 15 is 0 Å². The van der Waals surface area contributed by atoms with Crippen LogP contribution in [0.4, 0.5) is 5.69 Å². The van der Waals surface area contributed by atoms with E-state index < -0.39 is 0 Å². The molecule has 2 aromatic rings. The highest BCUT2D eigenvalue weighted by atomic mass is 79.9. The zero-order valence-electron chi connectivity index (χ0n) is 11.2. The number of halogens is 2. The second-order valence-electron chi connectivity index (χ2n) is 4.79. The third kappa shape index (κ3) is 3.52. The smallest absolute Gasteiger partial charge is 0.0521 e. The van der Waals surface area contributed by atoms with Gasteiger partial charge in [0.15, 0.2) is 0 Å². The van der Waals surface area contributed by atoms with Crippen molar-refractivity contribution in [1.82, 2.24) is 5.43 Å². The van der Waals surface area contributed by atoms with Crippen LogP contribution in [0, 0.1) is 6.92 Å². The summed E-state index contributed by atoms with van der Waals surface area (Å²) >= 11 is 9.73. The Morgan fingerprint density at radius 2 is 2.00 bits per heavy atom. The maximum Gasteiger partial charge on any atom is 0.0521 e. The van der Waals surface area contributed by atoms with E-state index in [-0.39, 0.29) is 6.04 Å². The molecule has 0 heterocycles. The summed E-state index contributed by atoms with van der Waals surface area (Å²) in [6, 6.07) is 11.7. The third-order valence-corrected chi connectivity index (χ3v) is 4.10. The van der Waals surface area contributed by atoms with Crippen LogP contribution in [0.1, 0.15) is 22.7 Å². The molecule has 0 saturated heterocycles. The minimum Gasteiger partial charge on any atom is -0.398 e. The predicted molar refractivity (Wildman–Crippen MR) is 88.5 cm³/mol. The average Bonchev–Trinajstić information content (AvgIpc) is 2.41. The molecule has 0 spiro atoms. The van der Waals surface area contributed by atoms with Crippen LogP contribution in [-0.4, -0.2) is 0 Å². The SMILES string of the molecule is Cc1ccc(CC(NN)c2cc(Br)ccc2N)c(Cl)c1. The minimum atomic E-state index is -0.0901. The maximum atomic E-state index is 6.28. The second-order valence-corrected chi connectivity index (χ2v) is 6.11. The molecule has 1 unspecified atom stereocenters. The van der Waals surface area contributed by atoms with Crippen LogP contribution in [0.3, 0.4) is 0 Å². The lowest BCUT2D eigenvalue weighted by atomic mass is 9.97. The number of hydrogen-bond donors (Lipinski definition) is 3. The van der Waals surface area contributed by atoms with Crippen LogP contribution in [0.2, 0.25) is 5.02 Å². The first-order valence-electron chi connectivity index (χ1n) is 6.27. The van der Waals surface area contributed by atoms with Gasteiger partial charge in [-0.15, -0.1) is 0 Å². The molecule has 0 aliphatic rings. The Morgan fingerprint density at radius 1 is 1.25 bits per heavy atom. The average molecular weight is 355 g/mol. The Kier molecular flexibility index (Phi) is 5.05. The molecule has 0 aliphatic carbocycles. The first-order chi connectivity index (χ1) is 9.51. The van der Waals surface area contributed by atoms with Crippen LogP contribution in [0.15, 0.2) is 40.9 Å². The molecule has 1 atom stereocenters. The Balaban J connectivity index is 2.31. The Hall–Kier alpha value is -1.07.